The number of amides is 1. The monoisotopic (exact) mass is 260 g/mol. The zero-order valence-electron chi connectivity index (χ0n) is 10.2. The van der Waals surface area contributed by atoms with Gasteiger partial charge in [0, 0.05) is 12.6 Å². The van der Waals surface area contributed by atoms with Crippen molar-refractivity contribution in [1.29, 1.82) is 0 Å². The minimum absolute atomic E-state index is 0.169. The van der Waals surface area contributed by atoms with E-state index >= 15 is 0 Å². The minimum atomic E-state index is -0.957. The molecule has 0 aliphatic carbocycles. The molecular formula is C12H12N4O3. The number of nitrogens with one attached hydrogen (secondary N) is 1. The molecule has 2 aromatic rings. The van der Waals surface area contributed by atoms with Gasteiger partial charge in [0.05, 0.1) is 24.0 Å². The van der Waals surface area contributed by atoms with Gasteiger partial charge >= 0.3 is 5.97 Å². The summed E-state index contributed by atoms with van der Waals surface area (Å²) < 4.78 is 1.43. The van der Waals surface area contributed by atoms with E-state index in [9.17, 15) is 9.59 Å². The lowest BCUT2D eigenvalue weighted by atomic mass is 10.2. The van der Waals surface area contributed by atoms with E-state index in [0.717, 1.165) is 0 Å². The van der Waals surface area contributed by atoms with Gasteiger partial charge in [0.15, 0.2) is 0 Å². The first-order valence-electron chi connectivity index (χ1n) is 5.55. The van der Waals surface area contributed by atoms with Gasteiger partial charge in [-0.3, -0.25) is 9.59 Å². The number of aromatic nitrogens is 3. The molecule has 2 rings (SSSR count). The first-order valence-corrected chi connectivity index (χ1v) is 5.55. The van der Waals surface area contributed by atoms with Crippen LogP contribution >= 0.6 is 0 Å². The lowest BCUT2D eigenvalue weighted by Gasteiger charge is -2.07. The Kier molecular flexibility index (Phi) is 3.56. The molecule has 1 aromatic carbocycles. The number of carboxylic acid groups (broad SMARTS) is 1. The molecule has 0 spiro atoms. The maximum Gasteiger partial charge on any atom is 0.309 e. The Bertz CT molecular complexity index is 621. The molecule has 0 fully saturated rings. The fourth-order valence-corrected chi connectivity index (χ4v) is 1.67. The average molecular weight is 260 g/mol. The second-order valence-electron chi connectivity index (χ2n) is 3.94. The second-order valence-corrected chi connectivity index (χ2v) is 3.94. The lowest BCUT2D eigenvalue weighted by molar-refractivity contribution is -0.136. The molecule has 19 heavy (non-hydrogen) atoms. The molecule has 1 amide bonds. The van der Waals surface area contributed by atoms with E-state index in [-0.39, 0.29) is 12.3 Å². The summed E-state index contributed by atoms with van der Waals surface area (Å²) in [6.45, 7) is 1.41. The van der Waals surface area contributed by atoms with Gasteiger partial charge in [0.2, 0.25) is 5.91 Å². The van der Waals surface area contributed by atoms with Crippen LogP contribution in [0.1, 0.15) is 12.6 Å². The summed E-state index contributed by atoms with van der Waals surface area (Å²) in [5.74, 6) is -1.14. The number of hydrogen-bond donors (Lipinski definition) is 2. The van der Waals surface area contributed by atoms with Gasteiger partial charge in [0.25, 0.3) is 0 Å². The fraction of sp³-hybridized carbons (Fsp3) is 0.167. The van der Waals surface area contributed by atoms with Crippen molar-refractivity contribution in [3.63, 3.8) is 0 Å². The average Bonchev–Trinajstić information content (AvgIpc) is 2.75. The number of carboxylic acids is 1. The standard InChI is InChI=1S/C12H12N4O3/c1-8(17)14-9-3-2-4-10(5-9)16-11(6-12(18)19)7-13-15-16/h2-5,7H,6H2,1H3,(H,14,17)(H,18,19). The van der Waals surface area contributed by atoms with Crippen LogP contribution in [0.25, 0.3) is 5.69 Å². The third kappa shape index (κ3) is 3.15. The highest BCUT2D eigenvalue weighted by Crippen LogP contribution is 2.15. The highest BCUT2D eigenvalue weighted by Gasteiger charge is 2.10. The van der Waals surface area contributed by atoms with E-state index in [2.05, 4.69) is 15.6 Å². The molecule has 1 heterocycles. The maximum absolute atomic E-state index is 11.0. The molecule has 0 atom stereocenters. The van der Waals surface area contributed by atoms with Gasteiger partial charge in [-0.05, 0) is 18.2 Å². The van der Waals surface area contributed by atoms with Crippen LogP contribution in [0.15, 0.2) is 30.5 Å². The number of anilines is 1. The normalized spacial score (nSPS) is 10.2. The first kappa shape index (κ1) is 12.7. The van der Waals surface area contributed by atoms with Crippen LogP contribution in [-0.2, 0) is 16.0 Å². The summed E-state index contributed by atoms with van der Waals surface area (Å²) in [5, 5.41) is 19.0. The predicted molar refractivity (Wildman–Crippen MR) is 67.0 cm³/mol. The Morgan fingerprint density at radius 2 is 2.21 bits per heavy atom. The molecule has 0 radical (unpaired) electrons. The summed E-state index contributed by atoms with van der Waals surface area (Å²) in [6.07, 6.45) is 1.23. The highest BCUT2D eigenvalue weighted by molar-refractivity contribution is 5.88. The first-order chi connectivity index (χ1) is 9.06. The van der Waals surface area contributed by atoms with Crippen LogP contribution in [0.2, 0.25) is 0 Å². The van der Waals surface area contributed by atoms with Crippen molar-refractivity contribution < 1.29 is 14.7 Å². The van der Waals surface area contributed by atoms with E-state index in [1.54, 1.807) is 24.3 Å². The van der Waals surface area contributed by atoms with Crippen molar-refractivity contribution in [2.45, 2.75) is 13.3 Å². The molecule has 7 nitrogen and oxygen atoms in total. The van der Waals surface area contributed by atoms with E-state index < -0.39 is 5.97 Å². The summed E-state index contributed by atoms with van der Waals surface area (Å²) in [5.41, 5.74) is 1.72. The Morgan fingerprint density at radius 1 is 1.42 bits per heavy atom. The second kappa shape index (κ2) is 5.30. The summed E-state index contributed by atoms with van der Waals surface area (Å²) >= 11 is 0. The largest absolute Gasteiger partial charge is 0.481 e. The van der Waals surface area contributed by atoms with Crippen LogP contribution in [0, 0.1) is 0 Å². The van der Waals surface area contributed by atoms with Crippen LogP contribution < -0.4 is 5.32 Å². The zero-order valence-corrected chi connectivity index (χ0v) is 10.2. The van der Waals surface area contributed by atoms with Crippen molar-refractivity contribution in [3.8, 4) is 5.69 Å². The third-order valence-corrected chi connectivity index (χ3v) is 2.36. The molecule has 0 bridgehead atoms. The van der Waals surface area contributed by atoms with E-state index in [0.29, 0.717) is 17.1 Å². The third-order valence-electron chi connectivity index (χ3n) is 2.36. The predicted octanol–water partition coefficient (Wildman–Crippen LogP) is 0.853. The Hall–Kier alpha value is -2.70. The van der Waals surface area contributed by atoms with Crippen LogP contribution in [0.4, 0.5) is 5.69 Å². The summed E-state index contributed by atoms with van der Waals surface area (Å²) in [7, 11) is 0. The van der Waals surface area contributed by atoms with Gasteiger partial charge < -0.3 is 10.4 Å². The van der Waals surface area contributed by atoms with Crippen molar-refractivity contribution in [3.05, 3.63) is 36.2 Å². The van der Waals surface area contributed by atoms with Crippen LogP contribution in [-0.4, -0.2) is 32.0 Å². The molecule has 1 aromatic heterocycles. The minimum Gasteiger partial charge on any atom is -0.481 e. The molecule has 0 saturated heterocycles. The number of nitrogens with zero attached hydrogens (tertiary/aromatic N) is 3. The number of aliphatic carboxylic acids is 1. The molecule has 0 aliphatic heterocycles. The van der Waals surface area contributed by atoms with E-state index in [1.807, 2.05) is 0 Å². The number of rotatable bonds is 4. The van der Waals surface area contributed by atoms with Crippen LogP contribution in [0.5, 0.6) is 0 Å². The van der Waals surface area contributed by atoms with Crippen molar-refractivity contribution in [2.75, 3.05) is 5.32 Å². The Morgan fingerprint density at radius 3 is 2.89 bits per heavy atom. The quantitative estimate of drug-likeness (QED) is 0.849. The van der Waals surface area contributed by atoms with Crippen molar-refractivity contribution in [1.82, 2.24) is 15.0 Å². The van der Waals surface area contributed by atoms with E-state index in [1.165, 1.54) is 17.8 Å². The highest BCUT2D eigenvalue weighted by atomic mass is 16.4. The van der Waals surface area contributed by atoms with Gasteiger partial charge in [-0.1, -0.05) is 11.3 Å². The van der Waals surface area contributed by atoms with Gasteiger partial charge in [-0.15, -0.1) is 5.10 Å². The lowest BCUT2D eigenvalue weighted by Crippen LogP contribution is -2.09. The summed E-state index contributed by atoms with van der Waals surface area (Å²) in [4.78, 5) is 21.7. The zero-order chi connectivity index (χ0) is 13.8. The molecular weight excluding hydrogens is 248 g/mol. The van der Waals surface area contributed by atoms with E-state index in [4.69, 9.17) is 5.11 Å². The molecule has 7 heteroatoms. The maximum atomic E-state index is 11.0. The van der Waals surface area contributed by atoms with Crippen molar-refractivity contribution in [2.24, 2.45) is 0 Å². The fourth-order valence-electron chi connectivity index (χ4n) is 1.67. The number of carbonyl (C=O) groups excluding carboxylic acids is 1. The Labute approximate surface area is 108 Å². The molecule has 0 saturated carbocycles. The SMILES string of the molecule is CC(=O)Nc1cccc(-n2nncc2CC(=O)O)c1. The van der Waals surface area contributed by atoms with Crippen LogP contribution in [0.3, 0.4) is 0 Å². The molecule has 98 valence electrons. The van der Waals surface area contributed by atoms with Gasteiger partial charge in [0.1, 0.15) is 0 Å². The van der Waals surface area contributed by atoms with Gasteiger partial charge in [-0.2, -0.15) is 0 Å². The van der Waals surface area contributed by atoms with Gasteiger partial charge in [-0.25, -0.2) is 4.68 Å². The number of carbonyl (C=O) groups is 2. The molecule has 2 N–H and O–H groups in total. The smallest absolute Gasteiger partial charge is 0.309 e. The molecule has 0 unspecified atom stereocenters. The van der Waals surface area contributed by atoms with Crippen molar-refractivity contribution >= 4 is 17.6 Å². The topological polar surface area (TPSA) is 97.1 Å². The number of hydrogen-bond acceptors (Lipinski definition) is 4. The number of benzene rings is 1. The molecule has 0 aliphatic rings. The summed E-state index contributed by atoms with van der Waals surface area (Å²) in [6, 6.07) is 6.93. The Balaban J connectivity index is 2.33.